The molecule has 1 saturated heterocycles. The van der Waals surface area contributed by atoms with Crippen LogP contribution >= 0.6 is 11.3 Å². The Bertz CT molecular complexity index is 849. The molecule has 0 radical (unpaired) electrons. The number of thiophene rings is 1. The van der Waals surface area contributed by atoms with Gasteiger partial charge in [0.1, 0.15) is 10.7 Å². The average molecular weight is 324 g/mol. The lowest BCUT2D eigenvalue weighted by molar-refractivity contribution is 0.416. The fourth-order valence-electron chi connectivity index (χ4n) is 3.09. The van der Waals surface area contributed by atoms with Crippen molar-refractivity contribution in [1.29, 1.82) is 0 Å². The van der Waals surface area contributed by atoms with E-state index in [-0.39, 0.29) is 6.04 Å². The van der Waals surface area contributed by atoms with Crippen LogP contribution in [-0.4, -0.2) is 29.6 Å². The van der Waals surface area contributed by atoms with Gasteiger partial charge < -0.3 is 10.6 Å². The van der Waals surface area contributed by atoms with Crippen molar-refractivity contribution in [2.45, 2.75) is 19.9 Å². The molecule has 2 aromatic heterocycles. The van der Waals surface area contributed by atoms with Crippen molar-refractivity contribution >= 4 is 21.6 Å². The molecular formula is C18H20N4S. The predicted molar refractivity (Wildman–Crippen MR) is 95.9 cm³/mol. The van der Waals surface area contributed by atoms with Crippen LogP contribution in [0.5, 0.6) is 0 Å². The fraction of sp³-hybridized carbons (Fsp3) is 0.333. The number of hydrogen-bond acceptors (Lipinski definition) is 5. The van der Waals surface area contributed by atoms with E-state index in [1.165, 1.54) is 16.0 Å². The highest BCUT2D eigenvalue weighted by atomic mass is 32.1. The van der Waals surface area contributed by atoms with Gasteiger partial charge in [-0.3, -0.25) is 0 Å². The monoisotopic (exact) mass is 324 g/mol. The first kappa shape index (κ1) is 14.8. The van der Waals surface area contributed by atoms with E-state index in [0.717, 1.165) is 41.4 Å². The molecule has 3 heterocycles. The standard InChI is InChI=1S/C18H20N4S/c1-11-5-3-4-6-13(11)16-14-9-12(2)23-18(14)22-17(21-16)15-10-19-7-8-20-15/h3-6,9,15,19-20H,7-8,10H2,1-2H3. The second-order valence-corrected chi connectivity index (χ2v) is 7.27. The van der Waals surface area contributed by atoms with Gasteiger partial charge in [0.25, 0.3) is 0 Å². The minimum absolute atomic E-state index is 0.179. The van der Waals surface area contributed by atoms with Gasteiger partial charge >= 0.3 is 0 Å². The Hall–Kier alpha value is -1.82. The van der Waals surface area contributed by atoms with Crippen LogP contribution in [0.3, 0.4) is 0 Å². The van der Waals surface area contributed by atoms with Gasteiger partial charge in [-0.05, 0) is 25.5 Å². The van der Waals surface area contributed by atoms with Crippen molar-refractivity contribution in [1.82, 2.24) is 20.6 Å². The predicted octanol–water partition coefficient (Wildman–Crippen LogP) is 3.21. The maximum atomic E-state index is 4.96. The molecule has 0 aliphatic carbocycles. The topological polar surface area (TPSA) is 49.8 Å². The van der Waals surface area contributed by atoms with Gasteiger partial charge in [0, 0.05) is 35.5 Å². The van der Waals surface area contributed by atoms with E-state index in [4.69, 9.17) is 9.97 Å². The van der Waals surface area contributed by atoms with E-state index in [1.54, 1.807) is 11.3 Å². The Kier molecular flexibility index (Phi) is 3.85. The number of piperazine rings is 1. The number of aryl methyl sites for hydroxylation is 2. The number of fused-ring (bicyclic) bond motifs is 1. The van der Waals surface area contributed by atoms with Crippen LogP contribution in [-0.2, 0) is 0 Å². The summed E-state index contributed by atoms with van der Waals surface area (Å²) in [5.41, 5.74) is 3.50. The van der Waals surface area contributed by atoms with E-state index >= 15 is 0 Å². The number of hydrogen-bond donors (Lipinski definition) is 2. The van der Waals surface area contributed by atoms with Crippen molar-refractivity contribution in [2.24, 2.45) is 0 Å². The molecule has 1 unspecified atom stereocenters. The Morgan fingerprint density at radius 2 is 2.00 bits per heavy atom. The van der Waals surface area contributed by atoms with Crippen LogP contribution in [0.2, 0.25) is 0 Å². The van der Waals surface area contributed by atoms with Crippen LogP contribution in [0.25, 0.3) is 21.5 Å². The molecule has 4 nitrogen and oxygen atoms in total. The molecule has 1 atom stereocenters. The smallest absolute Gasteiger partial charge is 0.148 e. The number of rotatable bonds is 2. The summed E-state index contributed by atoms with van der Waals surface area (Å²) in [5, 5.41) is 8.10. The van der Waals surface area contributed by atoms with E-state index in [0.29, 0.717) is 0 Å². The first-order valence-electron chi connectivity index (χ1n) is 8.00. The van der Waals surface area contributed by atoms with Gasteiger partial charge in [-0.2, -0.15) is 0 Å². The number of nitrogens with zero attached hydrogens (tertiary/aromatic N) is 2. The first-order valence-corrected chi connectivity index (χ1v) is 8.82. The second kappa shape index (κ2) is 6.00. The summed E-state index contributed by atoms with van der Waals surface area (Å²) >= 11 is 1.75. The molecule has 0 spiro atoms. The van der Waals surface area contributed by atoms with Crippen LogP contribution in [0, 0.1) is 13.8 Å². The summed E-state index contributed by atoms with van der Waals surface area (Å²) in [7, 11) is 0. The summed E-state index contributed by atoms with van der Waals surface area (Å²) in [6.45, 7) is 7.11. The molecule has 3 aromatic rings. The Labute approximate surface area is 140 Å². The summed E-state index contributed by atoms with van der Waals surface area (Å²) < 4.78 is 0. The minimum atomic E-state index is 0.179. The van der Waals surface area contributed by atoms with Crippen LogP contribution in [0.1, 0.15) is 22.3 Å². The van der Waals surface area contributed by atoms with Crippen LogP contribution < -0.4 is 10.6 Å². The third kappa shape index (κ3) is 2.76. The fourth-order valence-corrected chi connectivity index (χ4v) is 3.98. The van der Waals surface area contributed by atoms with Gasteiger partial charge in [0.2, 0.25) is 0 Å². The van der Waals surface area contributed by atoms with Crippen LogP contribution in [0.15, 0.2) is 30.3 Å². The normalized spacial score (nSPS) is 18.4. The van der Waals surface area contributed by atoms with E-state index < -0.39 is 0 Å². The number of nitrogens with one attached hydrogen (secondary N) is 2. The van der Waals surface area contributed by atoms with E-state index in [2.05, 4.69) is 54.8 Å². The molecule has 1 fully saturated rings. The van der Waals surface area contributed by atoms with Gasteiger partial charge in [-0.15, -0.1) is 11.3 Å². The largest absolute Gasteiger partial charge is 0.313 e. The summed E-state index contributed by atoms with van der Waals surface area (Å²) in [6, 6.07) is 10.8. The molecule has 0 amide bonds. The Morgan fingerprint density at radius 3 is 2.78 bits per heavy atom. The summed E-state index contributed by atoms with van der Waals surface area (Å²) in [4.78, 5) is 12.2. The highest BCUT2D eigenvalue weighted by Gasteiger charge is 2.21. The Balaban J connectivity index is 1.92. The molecule has 0 bridgehead atoms. The minimum Gasteiger partial charge on any atom is -0.313 e. The summed E-state index contributed by atoms with van der Waals surface area (Å²) in [5.74, 6) is 0.893. The van der Waals surface area contributed by atoms with Gasteiger partial charge in [-0.25, -0.2) is 9.97 Å². The molecule has 1 aromatic carbocycles. The molecule has 5 heteroatoms. The molecule has 2 N–H and O–H groups in total. The van der Waals surface area contributed by atoms with Crippen molar-refractivity contribution in [3.05, 3.63) is 46.6 Å². The lowest BCUT2D eigenvalue weighted by Crippen LogP contribution is -2.43. The second-order valence-electron chi connectivity index (χ2n) is 6.03. The van der Waals surface area contributed by atoms with Crippen molar-refractivity contribution in [3.8, 4) is 11.3 Å². The van der Waals surface area contributed by atoms with Crippen molar-refractivity contribution in [3.63, 3.8) is 0 Å². The van der Waals surface area contributed by atoms with Crippen LogP contribution in [0.4, 0.5) is 0 Å². The van der Waals surface area contributed by atoms with E-state index in [1.807, 2.05) is 0 Å². The third-order valence-electron chi connectivity index (χ3n) is 4.29. The van der Waals surface area contributed by atoms with Gasteiger partial charge in [-0.1, -0.05) is 24.3 Å². The van der Waals surface area contributed by atoms with Gasteiger partial charge in [0.15, 0.2) is 0 Å². The molecule has 23 heavy (non-hydrogen) atoms. The van der Waals surface area contributed by atoms with Gasteiger partial charge in [0.05, 0.1) is 11.7 Å². The zero-order chi connectivity index (χ0) is 15.8. The zero-order valence-electron chi connectivity index (χ0n) is 13.4. The number of benzene rings is 1. The molecular weight excluding hydrogens is 304 g/mol. The highest BCUT2D eigenvalue weighted by molar-refractivity contribution is 7.18. The lowest BCUT2D eigenvalue weighted by Gasteiger charge is -2.23. The first-order chi connectivity index (χ1) is 11.2. The Morgan fingerprint density at radius 1 is 1.13 bits per heavy atom. The molecule has 0 saturated carbocycles. The van der Waals surface area contributed by atoms with E-state index in [9.17, 15) is 0 Å². The van der Waals surface area contributed by atoms with Crippen molar-refractivity contribution < 1.29 is 0 Å². The molecule has 4 rings (SSSR count). The third-order valence-corrected chi connectivity index (χ3v) is 5.23. The summed E-state index contributed by atoms with van der Waals surface area (Å²) in [6.07, 6.45) is 0. The zero-order valence-corrected chi connectivity index (χ0v) is 14.2. The maximum absolute atomic E-state index is 4.96. The molecule has 1 aliphatic rings. The molecule has 118 valence electrons. The maximum Gasteiger partial charge on any atom is 0.148 e. The highest BCUT2D eigenvalue weighted by Crippen LogP contribution is 2.34. The lowest BCUT2D eigenvalue weighted by atomic mass is 10.0. The molecule has 1 aliphatic heterocycles. The average Bonchev–Trinajstić information content (AvgIpc) is 2.95. The van der Waals surface area contributed by atoms with Crippen molar-refractivity contribution in [2.75, 3.05) is 19.6 Å². The quantitative estimate of drug-likeness (QED) is 0.760. The number of aromatic nitrogens is 2. The SMILES string of the molecule is Cc1cc2c(-c3ccccc3C)nc(C3CNCCN3)nc2s1.